The summed E-state index contributed by atoms with van der Waals surface area (Å²) in [6.07, 6.45) is 4.98. The van der Waals surface area contributed by atoms with Gasteiger partial charge in [-0.05, 0) is 42.5 Å². The normalized spacial score (nSPS) is 10.5. The Morgan fingerprint density at radius 3 is 2.33 bits per heavy atom. The molecule has 0 bridgehead atoms. The predicted octanol–water partition coefficient (Wildman–Crippen LogP) is 4.38. The van der Waals surface area contributed by atoms with Crippen molar-refractivity contribution in [2.45, 2.75) is 0 Å². The number of carbonyl (C=O) groups excluding carboxylic acids is 1. The lowest BCUT2D eigenvalue weighted by atomic mass is 10.3. The van der Waals surface area contributed by atoms with E-state index in [4.69, 9.17) is 4.74 Å². The van der Waals surface area contributed by atoms with E-state index < -0.39 is 23.4 Å². The molecule has 4 rings (SSSR count). The third-order valence-electron chi connectivity index (χ3n) is 3.93. The average molecular weight is 408 g/mol. The fraction of sp³-hybridized carbons (Fsp3) is 0. The maximum absolute atomic E-state index is 13.6. The molecule has 10 heteroatoms. The average Bonchev–Trinajstić information content (AvgIpc) is 3.28. The molecule has 150 valence electrons. The molecule has 4 aromatic rings. The van der Waals surface area contributed by atoms with Crippen molar-refractivity contribution in [1.29, 1.82) is 0 Å². The van der Waals surface area contributed by atoms with Gasteiger partial charge in [-0.15, -0.1) is 10.2 Å². The molecule has 2 amide bonds. The molecule has 2 aromatic carbocycles. The second-order valence-corrected chi connectivity index (χ2v) is 6.00. The number of benzene rings is 2. The maximum Gasteiger partial charge on any atom is 0.323 e. The molecule has 0 fully saturated rings. The van der Waals surface area contributed by atoms with Crippen LogP contribution in [-0.4, -0.2) is 25.8 Å². The van der Waals surface area contributed by atoms with Crippen molar-refractivity contribution in [3.8, 4) is 17.4 Å². The zero-order chi connectivity index (χ0) is 20.9. The number of ether oxygens (including phenoxy) is 1. The summed E-state index contributed by atoms with van der Waals surface area (Å²) in [4.78, 5) is 15.9. The summed E-state index contributed by atoms with van der Waals surface area (Å²) in [7, 11) is 0. The number of nitrogens with one attached hydrogen (secondary N) is 2. The van der Waals surface area contributed by atoms with Crippen molar-refractivity contribution in [2.75, 3.05) is 10.6 Å². The van der Waals surface area contributed by atoms with E-state index in [1.807, 2.05) is 0 Å². The van der Waals surface area contributed by atoms with E-state index in [0.29, 0.717) is 17.3 Å². The molecule has 2 N–H and O–H groups in total. The molecular weight excluding hydrogens is 394 g/mol. The molecule has 0 aliphatic heterocycles. The number of halogens is 2. The Kier molecular flexibility index (Phi) is 5.29. The number of urea groups is 1. The highest BCUT2D eigenvalue weighted by Gasteiger charge is 2.12. The van der Waals surface area contributed by atoms with Crippen LogP contribution in [0.5, 0.6) is 11.6 Å². The number of para-hydroxylation sites is 1. The van der Waals surface area contributed by atoms with Gasteiger partial charge in [-0.2, -0.15) is 0 Å². The van der Waals surface area contributed by atoms with Crippen LogP contribution in [0.3, 0.4) is 0 Å². The summed E-state index contributed by atoms with van der Waals surface area (Å²) in [5.74, 6) is -0.391. The Labute approximate surface area is 169 Å². The second kappa shape index (κ2) is 8.35. The molecule has 0 aliphatic rings. The van der Waals surface area contributed by atoms with E-state index in [0.717, 1.165) is 12.1 Å². The van der Waals surface area contributed by atoms with Crippen LogP contribution in [0.15, 0.2) is 73.3 Å². The monoisotopic (exact) mass is 408 g/mol. The number of hydrogen-bond acceptors (Lipinski definition) is 5. The van der Waals surface area contributed by atoms with Gasteiger partial charge in [0.2, 0.25) is 5.88 Å². The number of hydrogen-bond donors (Lipinski definition) is 2. The van der Waals surface area contributed by atoms with E-state index in [-0.39, 0.29) is 5.88 Å². The van der Waals surface area contributed by atoms with Crippen molar-refractivity contribution in [1.82, 2.24) is 19.7 Å². The second-order valence-electron chi connectivity index (χ2n) is 6.00. The summed E-state index contributed by atoms with van der Waals surface area (Å²) in [6.45, 7) is 0. The molecule has 0 saturated heterocycles. The summed E-state index contributed by atoms with van der Waals surface area (Å²) in [5, 5.41) is 12.7. The van der Waals surface area contributed by atoms with E-state index >= 15 is 0 Å². The number of rotatable bonds is 5. The van der Waals surface area contributed by atoms with Crippen LogP contribution < -0.4 is 15.4 Å². The lowest BCUT2D eigenvalue weighted by Crippen LogP contribution is -2.20. The van der Waals surface area contributed by atoms with Gasteiger partial charge in [-0.1, -0.05) is 6.07 Å². The number of imidazole rings is 1. The van der Waals surface area contributed by atoms with Crippen LogP contribution >= 0.6 is 0 Å². The maximum atomic E-state index is 13.6. The van der Waals surface area contributed by atoms with E-state index in [1.54, 1.807) is 59.7 Å². The van der Waals surface area contributed by atoms with Gasteiger partial charge in [-0.3, -0.25) is 4.57 Å². The van der Waals surface area contributed by atoms with Crippen molar-refractivity contribution in [3.63, 3.8) is 0 Å². The topological polar surface area (TPSA) is 94.0 Å². The summed E-state index contributed by atoms with van der Waals surface area (Å²) in [6, 6.07) is 12.3. The van der Waals surface area contributed by atoms with E-state index in [9.17, 15) is 13.6 Å². The van der Waals surface area contributed by atoms with Gasteiger partial charge in [0.1, 0.15) is 29.4 Å². The molecule has 2 aromatic heterocycles. The van der Waals surface area contributed by atoms with Crippen molar-refractivity contribution >= 4 is 17.4 Å². The molecule has 0 atom stereocenters. The number of aromatic nitrogens is 4. The smallest absolute Gasteiger partial charge is 0.323 e. The Bertz CT molecular complexity index is 1130. The molecule has 0 unspecified atom stereocenters. The van der Waals surface area contributed by atoms with Gasteiger partial charge in [0.05, 0.1) is 0 Å². The summed E-state index contributed by atoms with van der Waals surface area (Å²) in [5.41, 5.74) is -0.120. The van der Waals surface area contributed by atoms with Crippen LogP contribution in [0.25, 0.3) is 5.82 Å². The molecular formula is C20H14F2N6O2. The first-order valence-electron chi connectivity index (χ1n) is 8.70. The lowest BCUT2D eigenvalue weighted by Gasteiger charge is -2.10. The number of amides is 2. The van der Waals surface area contributed by atoms with Crippen molar-refractivity contribution < 1.29 is 18.3 Å². The Hall–Kier alpha value is -4.34. The van der Waals surface area contributed by atoms with Crippen LogP contribution in [0, 0.1) is 11.6 Å². The van der Waals surface area contributed by atoms with E-state index in [1.165, 1.54) is 6.07 Å². The van der Waals surface area contributed by atoms with Crippen LogP contribution in [-0.2, 0) is 0 Å². The zero-order valence-corrected chi connectivity index (χ0v) is 15.3. The fourth-order valence-electron chi connectivity index (χ4n) is 2.52. The SMILES string of the molecule is O=C(Nc1ccc(Oc2ccc(-n3ccnc3)nn2)cc1)Nc1c(F)cccc1F. The number of carbonyl (C=O) groups is 1. The van der Waals surface area contributed by atoms with Crippen molar-refractivity contribution in [3.05, 3.63) is 85.0 Å². The van der Waals surface area contributed by atoms with Crippen LogP contribution in [0.2, 0.25) is 0 Å². The minimum Gasteiger partial charge on any atom is -0.438 e. The van der Waals surface area contributed by atoms with Gasteiger partial charge in [-0.25, -0.2) is 18.6 Å². The summed E-state index contributed by atoms with van der Waals surface area (Å²) >= 11 is 0. The van der Waals surface area contributed by atoms with Gasteiger partial charge in [0.25, 0.3) is 0 Å². The van der Waals surface area contributed by atoms with Gasteiger partial charge in [0.15, 0.2) is 5.82 Å². The number of anilines is 2. The first-order chi connectivity index (χ1) is 14.6. The highest BCUT2D eigenvalue weighted by molar-refractivity contribution is 5.99. The first-order valence-corrected chi connectivity index (χ1v) is 8.70. The molecule has 0 aliphatic carbocycles. The van der Waals surface area contributed by atoms with E-state index in [2.05, 4.69) is 25.8 Å². The minimum atomic E-state index is -0.867. The number of nitrogens with zero attached hydrogens (tertiary/aromatic N) is 4. The zero-order valence-electron chi connectivity index (χ0n) is 15.3. The largest absolute Gasteiger partial charge is 0.438 e. The predicted molar refractivity (Wildman–Crippen MR) is 105 cm³/mol. The van der Waals surface area contributed by atoms with Gasteiger partial charge in [0, 0.05) is 24.1 Å². The van der Waals surface area contributed by atoms with Gasteiger partial charge < -0.3 is 15.4 Å². The standard InChI is InChI=1S/C20H14F2N6O2/c21-15-2-1-3-16(22)19(15)25-20(29)24-13-4-6-14(7-5-13)30-18-9-8-17(26-27-18)28-11-10-23-12-28/h1-12H,(H2,24,25,29). The molecule has 2 heterocycles. The van der Waals surface area contributed by atoms with Gasteiger partial charge >= 0.3 is 6.03 Å². The Morgan fingerprint density at radius 2 is 1.70 bits per heavy atom. The molecule has 0 spiro atoms. The molecule has 30 heavy (non-hydrogen) atoms. The lowest BCUT2D eigenvalue weighted by molar-refractivity contribution is 0.262. The van der Waals surface area contributed by atoms with Crippen LogP contribution in [0.1, 0.15) is 0 Å². The third kappa shape index (κ3) is 4.38. The Morgan fingerprint density at radius 1 is 0.933 bits per heavy atom. The first kappa shape index (κ1) is 19.0. The van der Waals surface area contributed by atoms with Crippen LogP contribution in [0.4, 0.5) is 25.0 Å². The van der Waals surface area contributed by atoms with Crippen molar-refractivity contribution in [2.24, 2.45) is 0 Å². The highest BCUT2D eigenvalue weighted by Crippen LogP contribution is 2.22. The highest BCUT2D eigenvalue weighted by atomic mass is 19.1. The quantitative estimate of drug-likeness (QED) is 0.511. The summed E-state index contributed by atoms with van der Waals surface area (Å²) < 4.78 is 34.5. The molecule has 0 saturated carbocycles. The fourth-order valence-corrected chi connectivity index (χ4v) is 2.52. The molecule has 0 radical (unpaired) electrons. The molecule has 8 nitrogen and oxygen atoms in total. The third-order valence-corrected chi connectivity index (χ3v) is 3.93. The Balaban J connectivity index is 1.36. The minimum absolute atomic E-state index is 0.285.